The lowest BCUT2D eigenvalue weighted by molar-refractivity contribution is -0.117. The summed E-state index contributed by atoms with van der Waals surface area (Å²) < 4.78 is 11.0. The van der Waals surface area contributed by atoms with Gasteiger partial charge in [0.25, 0.3) is 0 Å². The number of nitrogens with one attached hydrogen (secondary N) is 2. The van der Waals surface area contributed by atoms with Crippen molar-refractivity contribution in [2.45, 2.75) is 52.6 Å². The second-order valence-corrected chi connectivity index (χ2v) is 7.35. The molecule has 0 unspecified atom stereocenters. The van der Waals surface area contributed by atoms with E-state index in [0.717, 1.165) is 22.2 Å². The first kappa shape index (κ1) is 19.8. The smallest absolute Gasteiger partial charge is 0.407 e. The molecular formula is C20H28N2O4. The van der Waals surface area contributed by atoms with E-state index in [0.29, 0.717) is 32.4 Å². The molecule has 6 heteroatoms. The molecule has 2 N–H and O–H groups in total. The second-order valence-electron chi connectivity index (χ2n) is 7.35. The predicted octanol–water partition coefficient (Wildman–Crippen LogP) is 3.98. The Labute approximate surface area is 154 Å². The Morgan fingerprint density at radius 1 is 1.23 bits per heavy atom. The van der Waals surface area contributed by atoms with Crippen LogP contribution in [0.25, 0.3) is 10.9 Å². The number of Topliss-reactive ketones (excluding diaryl/α,β-unsaturated/α-hetero) is 1. The van der Waals surface area contributed by atoms with Crippen molar-refractivity contribution in [2.24, 2.45) is 0 Å². The number of hydrogen-bond donors (Lipinski definition) is 2. The van der Waals surface area contributed by atoms with Gasteiger partial charge in [-0.25, -0.2) is 4.79 Å². The minimum absolute atomic E-state index is 0.175. The van der Waals surface area contributed by atoms with Crippen molar-refractivity contribution < 1.29 is 19.1 Å². The van der Waals surface area contributed by atoms with Crippen LogP contribution in [0.5, 0.6) is 5.75 Å². The highest BCUT2D eigenvalue weighted by molar-refractivity contribution is 5.84. The van der Waals surface area contributed by atoms with Crippen LogP contribution in [0.1, 0.15) is 46.1 Å². The number of amides is 1. The van der Waals surface area contributed by atoms with E-state index in [1.54, 1.807) is 6.92 Å². The van der Waals surface area contributed by atoms with Crippen molar-refractivity contribution in [3.05, 3.63) is 30.0 Å². The van der Waals surface area contributed by atoms with Crippen LogP contribution < -0.4 is 10.1 Å². The van der Waals surface area contributed by atoms with Crippen molar-refractivity contribution >= 4 is 22.8 Å². The van der Waals surface area contributed by atoms with Crippen molar-refractivity contribution in [1.82, 2.24) is 10.3 Å². The van der Waals surface area contributed by atoms with Crippen LogP contribution >= 0.6 is 0 Å². The maximum absolute atomic E-state index is 11.7. The number of ether oxygens (including phenoxy) is 2. The Hall–Kier alpha value is -2.50. The van der Waals surface area contributed by atoms with E-state index in [-0.39, 0.29) is 5.78 Å². The van der Waals surface area contributed by atoms with Gasteiger partial charge >= 0.3 is 6.09 Å². The first-order valence-corrected chi connectivity index (χ1v) is 8.94. The minimum Gasteiger partial charge on any atom is -0.494 e. The Kier molecular flexibility index (Phi) is 6.66. The van der Waals surface area contributed by atoms with Crippen LogP contribution in [0.2, 0.25) is 0 Å². The molecule has 2 rings (SSSR count). The molecule has 0 aliphatic heterocycles. The van der Waals surface area contributed by atoms with E-state index in [1.807, 2.05) is 45.2 Å². The van der Waals surface area contributed by atoms with Crippen molar-refractivity contribution in [1.29, 1.82) is 0 Å². The number of alkyl carbamates (subject to hydrolysis) is 1. The van der Waals surface area contributed by atoms with Gasteiger partial charge in [0.2, 0.25) is 0 Å². The molecule has 0 bridgehead atoms. The van der Waals surface area contributed by atoms with Gasteiger partial charge < -0.3 is 24.6 Å². The zero-order chi connectivity index (χ0) is 19.2. The molecule has 26 heavy (non-hydrogen) atoms. The number of fused-ring (bicyclic) bond motifs is 1. The van der Waals surface area contributed by atoms with Crippen LogP contribution in [0.3, 0.4) is 0 Å². The highest BCUT2D eigenvalue weighted by Crippen LogP contribution is 2.24. The molecule has 1 aromatic carbocycles. The van der Waals surface area contributed by atoms with Gasteiger partial charge in [-0.2, -0.15) is 0 Å². The van der Waals surface area contributed by atoms with Crippen LogP contribution in [0, 0.1) is 0 Å². The van der Waals surface area contributed by atoms with Gasteiger partial charge in [0, 0.05) is 30.1 Å². The van der Waals surface area contributed by atoms with Gasteiger partial charge in [-0.3, -0.25) is 0 Å². The summed E-state index contributed by atoms with van der Waals surface area (Å²) in [6.45, 7) is 8.11. The Balaban J connectivity index is 1.90. The van der Waals surface area contributed by atoms with Crippen LogP contribution in [-0.4, -0.2) is 35.6 Å². The van der Waals surface area contributed by atoms with Gasteiger partial charge in [0.05, 0.1) is 6.61 Å². The van der Waals surface area contributed by atoms with Crippen LogP contribution in [-0.2, 0) is 16.0 Å². The highest BCUT2D eigenvalue weighted by atomic mass is 16.6. The second kappa shape index (κ2) is 8.74. The molecule has 142 valence electrons. The van der Waals surface area contributed by atoms with Crippen molar-refractivity contribution in [3.63, 3.8) is 0 Å². The lowest BCUT2D eigenvalue weighted by atomic mass is 10.1. The number of benzene rings is 1. The van der Waals surface area contributed by atoms with E-state index < -0.39 is 11.7 Å². The summed E-state index contributed by atoms with van der Waals surface area (Å²) in [6, 6.07) is 5.87. The van der Waals surface area contributed by atoms with Gasteiger partial charge in [-0.15, -0.1) is 0 Å². The molecule has 0 aliphatic rings. The monoisotopic (exact) mass is 360 g/mol. The summed E-state index contributed by atoms with van der Waals surface area (Å²) >= 11 is 0. The molecule has 1 aromatic heterocycles. The van der Waals surface area contributed by atoms with Crippen LogP contribution in [0.4, 0.5) is 4.79 Å². The Morgan fingerprint density at radius 3 is 2.69 bits per heavy atom. The van der Waals surface area contributed by atoms with E-state index in [4.69, 9.17) is 9.47 Å². The third-order valence-electron chi connectivity index (χ3n) is 3.74. The molecule has 0 saturated heterocycles. The van der Waals surface area contributed by atoms with E-state index in [1.165, 1.54) is 0 Å². The number of hydrogen-bond acceptors (Lipinski definition) is 4. The zero-order valence-corrected chi connectivity index (χ0v) is 16.0. The molecule has 0 aliphatic carbocycles. The molecule has 1 heterocycles. The SMILES string of the molecule is CC(=O)CCCOc1ccc2[nH]cc(CCNC(=O)OC(C)(C)C)c2c1. The highest BCUT2D eigenvalue weighted by Gasteiger charge is 2.15. The summed E-state index contributed by atoms with van der Waals surface area (Å²) in [5.74, 6) is 0.955. The minimum atomic E-state index is -0.501. The number of ketones is 1. The number of H-pyrrole nitrogens is 1. The number of aromatic amines is 1. The molecule has 6 nitrogen and oxygen atoms in total. The molecule has 0 fully saturated rings. The maximum atomic E-state index is 11.7. The number of rotatable bonds is 8. The van der Waals surface area contributed by atoms with Crippen molar-refractivity contribution in [2.75, 3.05) is 13.2 Å². The maximum Gasteiger partial charge on any atom is 0.407 e. The van der Waals surface area contributed by atoms with Crippen molar-refractivity contribution in [3.8, 4) is 5.75 Å². The van der Waals surface area contributed by atoms with Gasteiger partial charge in [-0.05, 0) is 64.3 Å². The predicted molar refractivity (Wildman–Crippen MR) is 102 cm³/mol. The fourth-order valence-corrected chi connectivity index (χ4v) is 2.58. The lowest BCUT2D eigenvalue weighted by Crippen LogP contribution is -2.33. The molecule has 0 radical (unpaired) electrons. The normalized spacial score (nSPS) is 11.4. The Bertz CT molecular complexity index is 759. The Morgan fingerprint density at radius 2 is 2.00 bits per heavy atom. The summed E-state index contributed by atoms with van der Waals surface area (Å²) in [5, 5.41) is 3.84. The molecule has 0 spiro atoms. The third-order valence-corrected chi connectivity index (χ3v) is 3.74. The first-order chi connectivity index (χ1) is 12.2. The number of carbonyl (C=O) groups excluding carboxylic acids is 2. The quantitative estimate of drug-likeness (QED) is 0.698. The number of carbonyl (C=O) groups is 2. The average Bonchev–Trinajstić information content (AvgIpc) is 2.92. The third kappa shape index (κ3) is 6.43. The van der Waals surface area contributed by atoms with Crippen LogP contribution in [0.15, 0.2) is 24.4 Å². The summed E-state index contributed by atoms with van der Waals surface area (Å²) in [6.07, 6.45) is 3.47. The lowest BCUT2D eigenvalue weighted by Gasteiger charge is -2.19. The van der Waals surface area contributed by atoms with Gasteiger partial charge in [-0.1, -0.05) is 0 Å². The number of aromatic nitrogens is 1. The molecule has 0 atom stereocenters. The largest absolute Gasteiger partial charge is 0.494 e. The summed E-state index contributed by atoms with van der Waals surface area (Å²) in [5.41, 5.74) is 1.62. The zero-order valence-electron chi connectivity index (χ0n) is 16.0. The fourth-order valence-electron chi connectivity index (χ4n) is 2.58. The van der Waals surface area contributed by atoms with E-state index in [2.05, 4.69) is 10.3 Å². The topological polar surface area (TPSA) is 80.4 Å². The van der Waals surface area contributed by atoms with Gasteiger partial charge in [0.1, 0.15) is 17.1 Å². The van der Waals surface area contributed by atoms with E-state index in [9.17, 15) is 9.59 Å². The molecule has 0 saturated carbocycles. The first-order valence-electron chi connectivity index (χ1n) is 8.94. The molecule has 2 aromatic rings. The summed E-state index contributed by atoms with van der Waals surface area (Å²) in [7, 11) is 0. The fraction of sp³-hybridized carbons (Fsp3) is 0.500. The van der Waals surface area contributed by atoms with Gasteiger partial charge in [0.15, 0.2) is 0 Å². The average molecular weight is 360 g/mol. The standard InChI is InChI=1S/C20H28N2O4/c1-14(23)6-5-11-25-16-7-8-18-17(12-16)15(13-22-18)9-10-21-19(24)26-20(2,3)4/h7-8,12-13,22H,5-6,9-11H2,1-4H3,(H,21,24). The molecular weight excluding hydrogens is 332 g/mol. The van der Waals surface area contributed by atoms with E-state index >= 15 is 0 Å². The molecule has 1 amide bonds. The summed E-state index contributed by atoms with van der Waals surface area (Å²) in [4.78, 5) is 25.9.